The molecule has 1 rings (SSSR count). The fourth-order valence-electron chi connectivity index (χ4n) is 0.943. The van der Waals surface area contributed by atoms with Gasteiger partial charge in [-0.15, -0.1) is 0 Å². The SMILES string of the molecule is C[CH]c1ccccc1C(=O)O. The highest BCUT2D eigenvalue weighted by atomic mass is 16.4. The molecule has 0 aliphatic carbocycles. The Balaban J connectivity index is 3.12. The van der Waals surface area contributed by atoms with Gasteiger partial charge in [-0.1, -0.05) is 25.1 Å². The number of benzene rings is 1. The molecule has 1 radical (unpaired) electrons. The number of rotatable bonds is 2. The lowest BCUT2D eigenvalue weighted by Crippen LogP contribution is -1.99. The van der Waals surface area contributed by atoms with Crippen molar-refractivity contribution < 1.29 is 9.90 Å². The van der Waals surface area contributed by atoms with Gasteiger partial charge in [0.25, 0.3) is 0 Å². The standard InChI is InChI=1S/C9H9O2/c1-2-7-5-3-4-6-8(7)9(10)11/h2-6H,1H3,(H,10,11). The van der Waals surface area contributed by atoms with Crippen molar-refractivity contribution in [2.75, 3.05) is 0 Å². The van der Waals surface area contributed by atoms with Crippen molar-refractivity contribution in [3.05, 3.63) is 41.8 Å². The van der Waals surface area contributed by atoms with Gasteiger partial charge in [0.2, 0.25) is 0 Å². The first-order chi connectivity index (χ1) is 5.25. The maximum atomic E-state index is 10.6. The molecule has 1 aromatic carbocycles. The first-order valence-corrected chi connectivity index (χ1v) is 3.37. The fourth-order valence-corrected chi connectivity index (χ4v) is 0.943. The predicted molar refractivity (Wildman–Crippen MR) is 42.5 cm³/mol. The van der Waals surface area contributed by atoms with E-state index >= 15 is 0 Å². The Morgan fingerprint density at radius 1 is 1.45 bits per heavy atom. The molecule has 0 aliphatic heterocycles. The number of carbonyl (C=O) groups is 1. The average Bonchev–Trinajstić information content (AvgIpc) is 2.04. The summed E-state index contributed by atoms with van der Waals surface area (Å²) >= 11 is 0. The molecule has 0 bridgehead atoms. The Bertz CT molecular complexity index is 266. The third-order valence-electron chi connectivity index (χ3n) is 1.50. The first kappa shape index (κ1) is 7.79. The van der Waals surface area contributed by atoms with Crippen LogP contribution in [0.25, 0.3) is 0 Å². The van der Waals surface area contributed by atoms with Crippen molar-refractivity contribution in [2.45, 2.75) is 6.92 Å². The van der Waals surface area contributed by atoms with Crippen LogP contribution in [0, 0.1) is 6.42 Å². The van der Waals surface area contributed by atoms with Crippen molar-refractivity contribution in [1.82, 2.24) is 0 Å². The lowest BCUT2D eigenvalue weighted by Gasteiger charge is -1.99. The summed E-state index contributed by atoms with van der Waals surface area (Å²) in [5, 5.41) is 8.68. The van der Waals surface area contributed by atoms with Gasteiger partial charge in [0.05, 0.1) is 5.56 Å². The van der Waals surface area contributed by atoms with E-state index in [2.05, 4.69) is 0 Å². The van der Waals surface area contributed by atoms with Crippen LogP contribution < -0.4 is 0 Å². The van der Waals surface area contributed by atoms with E-state index in [1.807, 2.05) is 13.0 Å². The molecule has 0 aliphatic rings. The topological polar surface area (TPSA) is 37.3 Å². The maximum absolute atomic E-state index is 10.6. The summed E-state index contributed by atoms with van der Waals surface area (Å²) in [6.07, 6.45) is 1.78. The van der Waals surface area contributed by atoms with Crippen LogP contribution in [-0.4, -0.2) is 11.1 Å². The third-order valence-corrected chi connectivity index (χ3v) is 1.50. The van der Waals surface area contributed by atoms with E-state index in [1.54, 1.807) is 24.6 Å². The van der Waals surface area contributed by atoms with Crippen LogP contribution in [-0.2, 0) is 0 Å². The second kappa shape index (κ2) is 3.19. The molecule has 0 fully saturated rings. The Kier molecular flexibility index (Phi) is 2.26. The van der Waals surface area contributed by atoms with Gasteiger partial charge >= 0.3 is 5.97 Å². The van der Waals surface area contributed by atoms with Crippen LogP contribution in [0.5, 0.6) is 0 Å². The minimum atomic E-state index is -0.876. The average molecular weight is 149 g/mol. The Morgan fingerprint density at radius 2 is 2.09 bits per heavy atom. The summed E-state index contributed by atoms with van der Waals surface area (Å²) in [5.41, 5.74) is 1.12. The van der Waals surface area contributed by atoms with Gasteiger partial charge in [-0.05, 0) is 18.1 Å². The molecule has 0 atom stereocenters. The van der Waals surface area contributed by atoms with Crippen molar-refractivity contribution in [3.63, 3.8) is 0 Å². The molecule has 1 aromatic rings. The number of hydrogen-bond acceptors (Lipinski definition) is 1. The van der Waals surface area contributed by atoms with Gasteiger partial charge in [-0.3, -0.25) is 0 Å². The Hall–Kier alpha value is -1.31. The molecule has 0 saturated heterocycles. The molecule has 11 heavy (non-hydrogen) atoms. The number of carboxylic acids is 1. The van der Waals surface area contributed by atoms with Crippen LogP contribution >= 0.6 is 0 Å². The van der Waals surface area contributed by atoms with Gasteiger partial charge in [0.15, 0.2) is 0 Å². The van der Waals surface area contributed by atoms with E-state index in [4.69, 9.17) is 5.11 Å². The van der Waals surface area contributed by atoms with Gasteiger partial charge < -0.3 is 5.11 Å². The second-order valence-electron chi connectivity index (χ2n) is 2.18. The highest BCUT2D eigenvalue weighted by Gasteiger charge is 2.05. The summed E-state index contributed by atoms with van der Waals surface area (Å²) in [6, 6.07) is 6.92. The van der Waals surface area contributed by atoms with E-state index in [1.165, 1.54) is 0 Å². The number of aromatic carboxylic acids is 1. The fraction of sp³-hybridized carbons (Fsp3) is 0.111. The molecule has 0 saturated carbocycles. The molecule has 57 valence electrons. The zero-order valence-corrected chi connectivity index (χ0v) is 6.24. The van der Waals surface area contributed by atoms with Crippen LogP contribution in [0.15, 0.2) is 24.3 Å². The molecule has 2 heteroatoms. The first-order valence-electron chi connectivity index (χ1n) is 3.37. The summed E-state index contributed by atoms with van der Waals surface area (Å²) < 4.78 is 0. The van der Waals surface area contributed by atoms with Crippen molar-refractivity contribution in [3.8, 4) is 0 Å². The summed E-state index contributed by atoms with van der Waals surface area (Å²) in [7, 11) is 0. The lowest BCUT2D eigenvalue weighted by molar-refractivity contribution is 0.0696. The quantitative estimate of drug-likeness (QED) is 0.697. The monoisotopic (exact) mass is 149 g/mol. The smallest absolute Gasteiger partial charge is 0.335 e. The van der Waals surface area contributed by atoms with Crippen LogP contribution in [0.4, 0.5) is 0 Å². The van der Waals surface area contributed by atoms with Crippen molar-refractivity contribution in [1.29, 1.82) is 0 Å². The predicted octanol–water partition coefficient (Wildman–Crippen LogP) is 1.96. The summed E-state index contributed by atoms with van der Waals surface area (Å²) in [6.45, 7) is 1.82. The highest BCUT2D eigenvalue weighted by molar-refractivity contribution is 5.89. The highest BCUT2D eigenvalue weighted by Crippen LogP contribution is 2.09. The van der Waals surface area contributed by atoms with Gasteiger partial charge in [-0.25, -0.2) is 4.79 Å². The molecule has 1 N–H and O–H groups in total. The summed E-state index contributed by atoms with van der Waals surface area (Å²) in [5.74, 6) is -0.876. The molecule has 0 unspecified atom stereocenters. The van der Waals surface area contributed by atoms with E-state index in [9.17, 15) is 4.79 Å². The third kappa shape index (κ3) is 1.58. The van der Waals surface area contributed by atoms with Crippen LogP contribution in [0.1, 0.15) is 22.8 Å². The minimum Gasteiger partial charge on any atom is -0.478 e. The zero-order chi connectivity index (χ0) is 8.27. The minimum absolute atomic E-state index is 0.356. The zero-order valence-electron chi connectivity index (χ0n) is 6.24. The molecule has 0 spiro atoms. The van der Waals surface area contributed by atoms with E-state index in [0.29, 0.717) is 5.56 Å². The number of carboxylic acid groups (broad SMARTS) is 1. The van der Waals surface area contributed by atoms with E-state index in [-0.39, 0.29) is 0 Å². The van der Waals surface area contributed by atoms with Crippen molar-refractivity contribution in [2.24, 2.45) is 0 Å². The van der Waals surface area contributed by atoms with Gasteiger partial charge in [0.1, 0.15) is 0 Å². The maximum Gasteiger partial charge on any atom is 0.335 e. The molecule has 2 nitrogen and oxygen atoms in total. The van der Waals surface area contributed by atoms with Crippen LogP contribution in [0.3, 0.4) is 0 Å². The summed E-state index contributed by atoms with van der Waals surface area (Å²) in [4.78, 5) is 10.6. The second-order valence-corrected chi connectivity index (χ2v) is 2.18. The molecule has 0 amide bonds. The molecule has 0 heterocycles. The van der Waals surface area contributed by atoms with E-state index in [0.717, 1.165) is 5.56 Å². The number of hydrogen-bond donors (Lipinski definition) is 1. The lowest BCUT2D eigenvalue weighted by atomic mass is 10.1. The molecular formula is C9H9O2. The normalized spacial score (nSPS) is 9.55. The Labute approximate surface area is 65.5 Å². The van der Waals surface area contributed by atoms with Gasteiger partial charge in [-0.2, -0.15) is 0 Å². The van der Waals surface area contributed by atoms with E-state index < -0.39 is 5.97 Å². The largest absolute Gasteiger partial charge is 0.478 e. The van der Waals surface area contributed by atoms with Crippen LogP contribution in [0.2, 0.25) is 0 Å². The Morgan fingerprint density at radius 3 is 2.55 bits per heavy atom. The molecule has 0 aromatic heterocycles. The molecular weight excluding hydrogens is 140 g/mol. The van der Waals surface area contributed by atoms with Crippen molar-refractivity contribution >= 4 is 5.97 Å². The van der Waals surface area contributed by atoms with Gasteiger partial charge in [0, 0.05) is 0 Å².